The van der Waals surface area contributed by atoms with Gasteiger partial charge in [-0.3, -0.25) is 29.8 Å². The Balaban J connectivity index is 1.67. The molecule has 0 radical (unpaired) electrons. The van der Waals surface area contributed by atoms with Crippen molar-refractivity contribution in [1.82, 2.24) is 0 Å². The average Bonchev–Trinajstić information content (AvgIpc) is 2.74. The summed E-state index contributed by atoms with van der Waals surface area (Å²) < 4.78 is 10.6. The molecule has 1 fully saturated rings. The van der Waals surface area contributed by atoms with Gasteiger partial charge < -0.3 is 9.47 Å². The number of benzene rings is 2. The highest BCUT2D eigenvalue weighted by Gasteiger charge is 2.38. The Morgan fingerprint density at radius 3 is 1.33 bits per heavy atom. The Kier molecular flexibility index (Phi) is 6.35. The molecule has 0 N–H and O–H groups in total. The van der Waals surface area contributed by atoms with Crippen molar-refractivity contribution < 1.29 is 28.9 Å². The Morgan fingerprint density at radius 1 is 0.700 bits per heavy atom. The number of rotatable bonds is 6. The smallest absolute Gasteiger partial charge is 0.315 e. The monoisotopic (exact) mass is 414 g/mol. The summed E-state index contributed by atoms with van der Waals surface area (Å²) in [4.78, 5) is 45.6. The van der Waals surface area contributed by atoms with Crippen LogP contribution in [0.25, 0.3) is 0 Å². The van der Waals surface area contributed by atoms with Crippen molar-refractivity contribution in [2.75, 3.05) is 0 Å². The molecular formula is C20H18N2O8. The Labute approximate surface area is 170 Å². The van der Waals surface area contributed by atoms with Crippen LogP contribution in [-0.4, -0.2) is 21.8 Å². The molecule has 1 aliphatic carbocycles. The zero-order chi connectivity index (χ0) is 21.7. The number of carbonyl (C=O) groups excluding carboxylic acids is 2. The van der Waals surface area contributed by atoms with Gasteiger partial charge in [-0.15, -0.1) is 0 Å². The van der Waals surface area contributed by atoms with E-state index in [4.69, 9.17) is 9.47 Å². The lowest BCUT2D eigenvalue weighted by atomic mass is 9.79. The second-order valence-corrected chi connectivity index (χ2v) is 6.84. The summed E-state index contributed by atoms with van der Waals surface area (Å²) >= 11 is 0. The van der Waals surface area contributed by atoms with Crippen LogP contribution in [0, 0.1) is 32.1 Å². The van der Waals surface area contributed by atoms with E-state index >= 15 is 0 Å². The minimum absolute atomic E-state index is 0.128. The van der Waals surface area contributed by atoms with Crippen molar-refractivity contribution >= 4 is 23.3 Å². The van der Waals surface area contributed by atoms with Gasteiger partial charge in [-0.1, -0.05) is 12.8 Å². The third-order valence-corrected chi connectivity index (χ3v) is 4.90. The van der Waals surface area contributed by atoms with Gasteiger partial charge in [-0.25, -0.2) is 0 Å². The number of ether oxygens (including phenoxy) is 2. The molecule has 0 heterocycles. The van der Waals surface area contributed by atoms with Crippen molar-refractivity contribution in [1.29, 1.82) is 0 Å². The third-order valence-electron chi connectivity index (χ3n) is 4.90. The Morgan fingerprint density at radius 2 is 1.03 bits per heavy atom. The molecule has 2 atom stereocenters. The maximum absolute atomic E-state index is 12.6. The first-order valence-corrected chi connectivity index (χ1v) is 9.27. The Hall–Kier alpha value is -3.82. The molecule has 0 saturated heterocycles. The van der Waals surface area contributed by atoms with E-state index in [0.29, 0.717) is 12.8 Å². The van der Waals surface area contributed by atoms with E-state index in [2.05, 4.69) is 0 Å². The van der Waals surface area contributed by atoms with Crippen LogP contribution in [0.2, 0.25) is 0 Å². The average molecular weight is 414 g/mol. The number of esters is 2. The van der Waals surface area contributed by atoms with E-state index in [1.165, 1.54) is 48.5 Å². The van der Waals surface area contributed by atoms with Crippen LogP contribution >= 0.6 is 0 Å². The highest BCUT2D eigenvalue weighted by Crippen LogP contribution is 2.33. The van der Waals surface area contributed by atoms with Crippen LogP contribution in [0.1, 0.15) is 25.7 Å². The Bertz CT molecular complexity index is 876. The van der Waals surface area contributed by atoms with Gasteiger partial charge in [0.25, 0.3) is 11.4 Å². The number of carbonyl (C=O) groups is 2. The summed E-state index contributed by atoms with van der Waals surface area (Å²) in [5.41, 5.74) is -0.256. The van der Waals surface area contributed by atoms with E-state index < -0.39 is 33.6 Å². The van der Waals surface area contributed by atoms with Gasteiger partial charge in [-0.2, -0.15) is 0 Å². The molecule has 0 aliphatic heterocycles. The van der Waals surface area contributed by atoms with E-state index in [1.54, 1.807) is 0 Å². The molecule has 10 heteroatoms. The topological polar surface area (TPSA) is 139 Å². The number of nitro benzene ring substituents is 2. The molecule has 0 aromatic heterocycles. The summed E-state index contributed by atoms with van der Waals surface area (Å²) in [5.74, 6) is -2.32. The summed E-state index contributed by atoms with van der Waals surface area (Å²) in [5, 5.41) is 21.4. The minimum Gasteiger partial charge on any atom is -0.426 e. The fourth-order valence-corrected chi connectivity index (χ4v) is 3.35. The molecule has 30 heavy (non-hydrogen) atoms. The SMILES string of the molecule is O=C(Oc1ccc([N+](=O)[O-])cc1)[C@H]1CCCC[C@H]1C(=O)Oc1ccc([N+](=O)[O-])cc1. The highest BCUT2D eigenvalue weighted by atomic mass is 16.6. The van der Waals surface area contributed by atoms with Gasteiger partial charge in [0.2, 0.25) is 0 Å². The van der Waals surface area contributed by atoms with Gasteiger partial charge in [-0.05, 0) is 37.1 Å². The molecule has 156 valence electrons. The maximum Gasteiger partial charge on any atom is 0.315 e. The van der Waals surface area contributed by atoms with Gasteiger partial charge in [0, 0.05) is 24.3 Å². The molecule has 10 nitrogen and oxygen atoms in total. The van der Waals surface area contributed by atoms with Gasteiger partial charge in [0.15, 0.2) is 0 Å². The fourth-order valence-electron chi connectivity index (χ4n) is 3.35. The van der Waals surface area contributed by atoms with Crippen molar-refractivity contribution in [3.63, 3.8) is 0 Å². The number of nitro groups is 2. The molecule has 1 aliphatic rings. The van der Waals surface area contributed by atoms with Crippen LogP contribution in [0.3, 0.4) is 0 Å². The lowest BCUT2D eigenvalue weighted by Crippen LogP contribution is -2.37. The predicted molar refractivity (Wildman–Crippen MR) is 103 cm³/mol. The lowest BCUT2D eigenvalue weighted by Gasteiger charge is -2.28. The molecule has 1 saturated carbocycles. The number of non-ortho nitro benzene ring substituents is 2. The van der Waals surface area contributed by atoms with E-state index in [0.717, 1.165) is 12.8 Å². The molecule has 2 aromatic rings. The molecule has 0 amide bonds. The number of hydrogen-bond donors (Lipinski definition) is 0. The number of hydrogen-bond acceptors (Lipinski definition) is 8. The quantitative estimate of drug-likeness (QED) is 0.301. The van der Waals surface area contributed by atoms with Gasteiger partial charge in [0.1, 0.15) is 11.5 Å². The van der Waals surface area contributed by atoms with Crippen molar-refractivity contribution in [2.45, 2.75) is 25.7 Å². The summed E-state index contributed by atoms with van der Waals surface area (Å²) in [6.07, 6.45) is 2.40. The summed E-state index contributed by atoms with van der Waals surface area (Å²) in [6, 6.07) is 10.2. The zero-order valence-electron chi connectivity index (χ0n) is 15.8. The predicted octanol–water partition coefficient (Wildman–Crippen LogP) is 3.82. The van der Waals surface area contributed by atoms with Crippen LogP contribution in [0.5, 0.6) is 11.5 Å². The highest BCUT2D eigenvalue weighted by molar-refractivity contribution is 5.84. The zero-order valence-corrected chi connectivity index (χ0v) is 15.8. The molecule has 0 unspecified atom stereocenters. The molecule has 3 rings (SSSR count). The second kappa shape index (κ2) is 9.12. The molecule has 2 aromatic carbocycles. The largest absolute Gasteiger partial charge is 0.426 e. The van der Waals surface area contributed by atoms with Crippen molar-refractivity contribution in [3.8, 4) is 11.5 Å². The third kappa shape index (κ3) is 4.96. The normalized spacial score (nSPS) is 18.3. The van der Waals surface area contributed by atoms with Gasteiger partial charge >= 0.3 is 11.9 Å². The van der Waals surface area contributed by atoms with Crippen LogP contribution in [-0.2, 0) is 9.59 Å². The molecule has 0 spiro atoms. The summed E-state index contributed by atoms with van der Waals surface area (Å²) in [7, 11) is 0. The fraction of sp³-hybridized carbons (Fsp3) is 0.300. The van der Waals surface area contributed by atoms with E-state index in [1.807, 2.05) is 0 Å². The lowest BCUT2D eigenvalue weighted by molar-refractivity contribution is -0.385. The molecular weight excluding hydrogens is 396 g/mol. The number of nitrogens with zero attached hydrogens (tertiary/aromatic N) is 2. The maximum atomic E-state index is 12.6. The van der Waals surface area contributed by atoms with Crippen molar-refractivity contribution in [3.05, 3.63) is 68.8 Å². The molecule has 0 bridgehead atoms. The first-order chi connectivity index (χ1) is 14.3. The first-order valence-electron chi connectivity index (χ1n) is 9.27. The summed E-state index contributed by atoms with van der Waals surface area (Å²) in [6.45, 7) is 0. The second-order valence-electron chi connectivity index (χ2n) is 6.84. The standard InChI is InChI=1S/C20H18N2O8/c23-19(29-15-9-5-13(6-10-15)21(25)26)17-3-1-2-4-18(17)20(24)30-16-11-7-14(8-12-16)22(27)28/h5-12,17-18H,1-4H2/t17-,18+. The van der Waals surface area contributed by atoms with E-state index in [9.17, 15) is 29.8 Å². The van der Waals surface area contributed by atoms with E-state index in [-0.39, 0.29) is 22.9 Å². The van der Waals surface area contributed by atoms with Gasteiger partial charge in [0.05, 0.1) is 21.7 Å². The van der Waals surface area contributed by atoms with Crippen LogP contribution in [0.4, 0.5) is 11.4 Å². The first kappa shape index (κ1) is 20.9. The van der Waals surface area contributed by atoms with Crippen LogP contribution in [0.15, 0.2) is 48.5 Å². The van der Waals surface area contributed by atoms with Crippen molar-refractivity contribution in [2.24, 2.45) is 11.8 Å². The minimum atomic E-state index is -0.709. The van der Waals surface area contributed by atoms with Crippen LogP contribution < -0.4 is 9.47 Å².